The Hall–Kier alpha value is -1.64. The van der Waals surface area contributed by atoms with E-state index >= 15 is 0 Å². The quantitative estimate of drug-likeness (QED) is 0.716. The molecule has 0 saturated heterocycles. The number of benzene rings is 2. The maximum atomic E-state index is 3.56. The van der Waals surface area contributed by atoms with E-state index in [2.05, 4.69) is 72.3 Å². The Bertz CT molecular complexity index is 746. The molecule has 2 aromatic carbocycles. The molecule has 0 bridgehead atoms. The van der Waals surface area contributed by atoms with E-state index in [4.69, 9.17) is 0 Å². The number of rotatable bonds is 4. The van der Waals surface area contributed by atoms with Gasteiger partial charge in [-0.05, 0) is 53.3 Å². The predicted octanol–water partition coefficient (Wildman–Crippen LogP) is 4.97. The lowest BCUT2D eigenvalue weighted by Gasteiger charge is -2.16. The molecule has 2 heteroatoms. The Morgan fingerprint density at radius 1 is 1.05 bits per heavy atom. The van der Waals surface area contributed by atoms with E-state index in [1.54, 1.807) is 0 Å². The second-order valence-electron chi connectivity index (χ2n) is 5.87. The first-order valence-electron chi connectivity index (χ1n) is 7.57. The minimum atomic E-state index is 0.464. The largest absolute Gasteiger partial charge is 0.313 e. The van der Waals surface area contributed by atoms with E-state index in [0.29, 0.717) is 12.0 Å². The van der Waals surface area contributed by atoms with E-state index in [0.717, 1.165) is 5.92 Å². The Balaban J connectivity index is 1.65. The molecule has 1 aromatic heterocycles. The van der Waals surface area contributed by atoms with Gasteiger partial charge in [0.25, 0.3) is 0 Å². The molecule has 1 aliphatic carbocycles. The maximum absolute atomic E-state index is 3.56. The Morgan fingerprint density at radius 3 is 2.62 bits per heavy atom. The van der Waals surface area contributed by atoms with Crippen LogP contribution in [0.15, 0.2) is 60.0 Å². The highest BCUT2D eigenvalue weighted by Crippen LogP contribution is 2.55. The second kappa shape index (κ2) is 5.28. The zero-order valence-electron chi connectivity index (χ0n) is 12.1. The topological polar surface area (TPSA) is 12.0 Å². The molecular formula is C19H19NS. The summed E-state index contributed by atoms with van der Waals surface area (Å²) < 4.78 is 1.39. The molecule has 0 aliphatic heterocycles. The van der Waals surface area contributed by atoms with Gasteiger partial charge in [-0.2, -0.15) is 0 Å². The van der Waals surface area contributed by atoms with Crippen LogP contribution in [-0.4, -0.2) is 7.05 Å². The van der Waals surface area contributed by atoms with Gasteiger partial charge in [-0.25, -0.2) is 0 Å². The fraction of sp³-hybridized carbons (Fsp3) is 0.263. The first-order chi connectivity index (χ1) is 10.4. The molecule has 3 unspecified atom stereocenters. The predicted molar refractivity (Wildman–Crippen MR) is 90.9 cm³/mol. The molecule has 1 saturated carbocycles. The van der Waals surface area contributed by atoms with Crippen molar-refractivity contribution in [2.75, 3.05) is 7.05 Å². The molecule has 1 aliphatic rings. The average molecular weight is 293 g/mol. The van der Waals surface area contributed by atoms with Gasteiger partial charge in [0.15, 0.2) is 0 Å². The van der Waals surface area contributed by atoms with Crippen molar-refractivity contribution in [2.45, 2.75) is 18.4 Å². The van der Waals surface area contributed by atoms with Crippen LogP contribution in [0, 0.1) is 5.92 Å². The van der Waals surface area contributed by atoms with Crippen LogP contribution in [0.25, 0.3) is 10.1 Å². The van der Waals surface area contributed by atoms with Crippen molar-refractivity contribution in [1.29, 1.82) is 0 Å². The maximum Gasteiger partial charge on any atom is 0.0366 e. The van der Waals surface area contributed by atoms with E-state index in [-0.39, 0.29) is 0 Å². The summed E-state index contributed by atoms with van der Waals surface area (Å²) in [5.74, 6) is 1.43. The minimum Gasteiger partial charge on any atom is -0.313 e. The zero-order valence-corrected chi connectivity index (χ0v) is 12.9. The van der Waals surface area contributed by atoms with Crippen molar-refractivity contribution in [1.82, 2.24) is 5.32 Å². The van der Waals surface area contributed by atoms with Crippen molar-refractivity contribution in [2.24, 2.45) is 5.92 Å². The number of hydrogen-bond acceptors (Lipinski definition) is 2. The van der Waals surface area contributed by atoms with Crippen LogP contribution in [-0.2, 0) is 0 Å². The summed E-state index contributed by atoms with van der Waals surface area (Å²) in [7, 11) is 2.09. The second-order valence-corrected chi connectivity index (χ2v) is 6.78. The van der Waals surface area contributed by atoms with Gasteiger partial charge in [-0.15, -0.1) is 11.3 Å². The summed E-state index contributed by atoms with van der Waals surface area (Å²) in [6.07, 6.45) is 1.29. The summed E-state index contributed by atoms with van der Waals surface area (Å²) in [5.41, 5.74) is 2.96. The molecule has 106 valence electrons. The normalized spacial score (nSPS) is 22.3. The third-order valence-corrected chi connectivity index (χ3v) is 5.63. The van der Waals surface area contributed by atoms with E-state index in [9.17, 15) is 0 Å². The monoisotopic (exact) mass is 293 g/mol. The SMILES string of the molecule is CNC(c1csc2ccccc12)C1CC1c1ccccc1. The van der Waals surface area contributed by atoms with Crippen LogP contribution in [0.3, 0.4) is 0 Å². The molecular weight excluding hydrogens is 274 g/mol. The Kier molecular flexibility index (Phi) is 3.28. The molecule has 1 nitrogen and oxygen atoms in total. The lowest BCUT2D eigenvalue weighted by atomic mass is 9.98. The van der Waals surface area contributed by atoms with Crippen LogP contribution < -0.4 is 5.32 Å². The smallest absolute Gasteiger partial charge is 0.0366 e. The van der Waals surface area contributed by atoms with Crippen LogP contribution in [0.1, 0.15) is 29.5 Å². The lowest BCUT2D eigenvalue weighted by Crippen LogP contribution is -2.18. The van der Waals surface area contributed by atoms with Crippen LogP contribution in [0.2, 0.25) is 0 Å². The van der Waals surface area contributed by atoms with Crippen LogP contribution >= 0.6 is 11.3 Å². The van der Waals surface area contributed by atoms with Crippen molar-refractivity contribution in [3.8, 4) is 0 Å². The molecule has 3 atom stereocenters. The van der Waals surface area contributed by atoms with Gasteiger partial charge in [0.05, 0.1) is 0 Å². The molecule has 4 rings (SSSR count). The molecule has 21 heavy (non-hydrogen) atoms. The van der Waals surface area contributed by atoms with Gasteiger partial charge in [0, 0.05) is 10.7 Å². The van der Waals surface area contributed by atoms with Gasteiger partial charge in [-0.3, -0.25) is 0 Å². The summed E-state index contributed by atoms with van der Waals surface area (Å²) >= 11 is 1.86. The van der Waals surface area contributed by atoms with Gasteiger partial charge < -0.3 is 5.32 Å². The number of fused-ring (bicyclic) bond motifs is 1. The first-order valence-corrected chi connectivity index (χ1v) is 8.45. The van der Waals surface area contributed by atoms with E-state index < -0.39 is 0 Å². The zero-order chi connectivity index (χ0) is 14.2. The van der Waals surface area contributed by atoms with Crippen molar-refractivity contribution in [3.63, 3.8) is 0 Å². The molecule has 3 aromatic rings. The van der Waals surface area contributed by atoms with Crippen LogP contribution in [0.4, 0.5) is 0 Å². The van der Waals surface area contributed by atoms with Crippen molar-refractivity contribution < 1.29 is 0 Å². The van der Waals surface area contributed by atoms with E-state index in [1.807, 2.05) is 11.3 Å². The summed E-state index contributed by atoms with van der Waals surface area (Å²) in [5, 5.41) is 7.32. The fourth-order valence-corrected chi connectivity index (χ4v) is 4.50. The van der Waals surface area contributed by atoms with Crippen LogP contribution in [0.5, 0.6) is 0 Å². The van der Waals surface area contributed by atoms with Gasteiger partial charge >= 0.3 is 0 Å². The molecule has 0 amide bonds. The first kappa shape index (κ1) is 13.1. The summed E-state index contributed by atoms with van der Waals surface area (Å²) in [4.78, 5) is 0. The highest BCUT2D eigenvalue weighted by molar-refractivity contribution is 7.17. The molecule has 0 radical (unpaired) electrons. The highest BCUT2D eigenvalue weighted by atomic mass is 32.1. The number of nitrogens with one attached hydrogen (secondary N) is 1. The minimum absolute atomic E-state index is 0.464. The number of hydrogen-bond donors (Lipinski definition) is 1. The standard InChI is InChI=1S/C19H19NS/c1-20-19(16-11-15(16)13-7-3-2-4-8-13)17-12-21-18-10-6-5-9-14(17)18/h2-10,12,15-16,19-20H,11H2,1H3. The average Bonchev–Trinajstić information content (AvgIpc) is 3.22. The van der Waals surface area contributed by atoms with Crippen molar-refractivity contribution >= 4 is 21.4 Å². The van der Waals surface area contributed by atoms with Gasteiger partial charge in [0.1, 0.15) is 0 Å². The lowest BCUT2D eigenvalue weighted by molar-refractivity contribution is 0.522. The van der Waals surface area contributed by atoms with Gasteiger partial charge in [-0.1, -0.05) is 48.5 Å². The molecule has 1 N–H and O–H groups in total. The molecule has 1 heterocycles. The third-order valence-electron chi connectivity index (χ3n) is 4.65. The van der Waals surface area contributed by atoms with Crippen molar-refractivity contribution in [3.05, 3.63) is 71.1 Å². The third kappa shape index (κ3) is 2.29. The number of thiophene rings is 1. The molecule has 0 spiro atoms. The van der Waals surface area contributed by atoms with Gasteiger partial charge in [0.2, 0.25) is 0 Å². The van der Waals surface area contributed by atoms with E-state index in [1.165, 1.54) is 27.6 Å². The summed E-state index contributed by atoms with van der Waals surface area (Å²) in [6.45, 7) is 0. The Morgan fingerprint density at radius 2 is 1.81 bits per heavy atom. The Labute approximate surface area is 129 Å². The molecule has 1 fully saturated rings. The summed E-state index contributed by atoms with van der Waals surface area (Å²) in [6, 6.07) is 20.1. The fourth-order valence-electron chi connectivity index (χ4n) is 3.51. The highest BCUT2D eigenvalue weighted by Gasteiger charge is 2.44.